The van der Waals surface area contributed by atoms with E-state index in [1.54, 1.807) is 13.8 Å². The fraction of sp³-hybridized carbons (Fsp3) is 0.750. The summed E-state index contributed by atoms with van der Waals surface area (Å²) in [6, 6.07) is 3.13. The van der Waals surface area contributed by atoms with Gasteiger partial charge < -0.3 is 18.9 Å². The molecule has 0 amide bonds. The number of morpholine rings is 1. The summed E-state index contributed by atoms with van der Waals surface area (Å²) in [4.78, 5) is 14.7. The van der Waals surface area contributed by atoms with Gasteiger partial charge in [0.05, 0.1) is 30.9 Å². The lowest BCUT2D eigenvalue weighted by Crippen LogP contribution is -2.49. The van der Waals surface area contributed by atoms with Gasteiger partial charge in [-0.05, 0) is 79.9 Å². The highest BCUT2D eigenvalue weighted by molar-refractivity contribution is 5.90. The molecule has 4 bridgehead atoms. The number of halogens is 3. The van der Waals surface area contributed by atoms with Gasteiger partial charge in [-0.1, -0.05) is 0 Å². The molecule has 1 aliphatic heterocycles. The molecule has 0 atom stereocenters. The molecule has 9 heteroatoms. The monoisotopic (exact) mass is 525 g/mol. The molecule has 37 heavy (non-hydrogen) atoms. The molecule has 0 aromatic heterocycles. The molecular weight excluding hydrogens is 487 g/mol. The van der Waals surface area contributed by atoms with Crippen molar-refractivity contribution in [2.24, 2.45) is 23.2 Å². The summed E-state index contributed by atoms with van der Waals surface area (Å²) < 4.78 is 64.1. The van der Waals surface area contributed by atoms with Crippen LogP contribution < -0.4 is 4.74 Å². The van der Waals surface area contributed by atoms with Gasteiger partial charge >= 0.3 is 12.1 Å². The highest BCUT2D eigenvalue weighted by Crippen LogP contribution is 2.60. The summed E-state index contributed by atoms with van der Waals surface area (Å²) in [7, 11) is 0. The number of esters is 1. The van der Waals surface area contributed by atoms with Gasteiger partial charge in [0.25, 0.3) is 0 Å². The number of hydrogen-bond acceptors (Lipinski definition) is 6. The van der Waals surface area contributed by atoms with E-state index in [-0.39, 0.29) is 17.6 Å². The SMILES string of the molecule is CC(C)(OCC12CC3CC(CC(C3)C1)C2)Oc1cc(C(=O)OCCN2CCOCC2)ccc1C(F)(F)F. The zero-order valence-electron chi connectivity index (χ0n) is 21.8. The number of ether oxygens (including phenoxy) is 4. The first kappa shape index (κ1) is 26.8. The van der Waals surface area contributed by atoms with Crippen LogP contribution in [0.2, 0.25) is 0 Å². The first-order chi connectivity index (χ1) is 17.5. The second kappa shape index (κ2) is 10.4. The van der Waals surface area contributed by atoms with Crippen molar-refractivity contribution in [3.8, 4) is 5.75 Å². The van der Waals surface area contributed by atoms with E-state index in [9.17, 15) is 18.0 Å². The first-order valence-electron chi connectivity index (χ1n) is 13.5. The molecule has 0 unspecified atom stereocenters. The molecule has 0 N–H and O–H groups in total. The van der Waals surface area contributed by atoms with E-state index in [2.05, 4.69) is 4.90 Å². The molecule has 0 radical (unpaired) electrons. The van der Waals surface area contributed by atoms with E-state index in [0.29, 0.717) is 26.4 Å². The highest BCUT2D eigenvalue weighted by Gasteiger charge is 2.51. The predicted octanol–water partition coefficient (Wildman–Crippen LogP) is 5.54. The molecule has 1 saturated heterocycles. The van der Waals surface area contributed by atoms with Crippen LogP contribution in [0.4, 0.5) is 13.2 Å². The van der Waals surface area contributed by atoms with Crippen molar-refractivity contribution in [2.45, 2.75) is 64.3 Å². The molecular formula is C28H38F3NO5. The van der Waals surface area contributed by atoms with Gasteiger partial charge in [-0.2, -0.15) is 13.2 Å². The van der Waals surface area contributed by atoms with E-state index < -0.39 is 29.2 Å². The average Bonchev–Trinajstić information content (AvgIpc) is 2.82. The second-order valence-electron chi connectivity index (χ2n) is 12.0. The molecule has 4 saturated carbocycles. The quantitative estimate of drug-likeness (QED) is 0.312. The minimum atomic E-state index is -4.63. The smallest absolute Gasteiger partial charge is 0.419 e. The number of carbonyl (C=O) groups is 1. The summed E-state index contributed by atoms with van der Waals surface area (Å²) in [6.07, 6.45) is 2.69. The van der Waals surface area contributed by atoms with Crippen molar-refractivity contribution >= 4 is 5.97 Å². The molecule has 4 aliphatic carbocycles. The van der Waals surface area contributed by atoms with Crippen molar-refractivity contribution in [1.82, 2.24) is 4.90 Å². The van der Waals surface area contributed by atoms with Gasteiger partial charge in [0, 0.05) is 33.5 Å². The number of carbonyl (C=O) groups excluding carboxylic acids is 1. The molecule has 1 aromatic rings. The lowest BCUT2D eigenvalue weighted by atomic mass is 9.50. The minimum Gasteiger partial charge on any atom is -0.462 e. The normalized spacial score (nSPS) is 29.9. The molecule has 5 aliphatic rings. The Balaban J connectivity index is 1.23. The third-order valence-corrected chi connectivity index (χ3v) is 8.51. The van der Waals surface area contributed by atoms with Crippen molar-refractivity contribution < 1.29 is 36.9 Å². The topological polar surface area (TPSA) is 57.2 Å². The van der Waals surface area contributed by atoms with Crippen LogP contribution in [0.3, 0.4) is 0 Å². The van der Waals surface area contributed by atoms with Crippen LogP contribution in [0, 0.1) is 23.2 Å². The number of alkyl halides is 3. The molecule has 6 rings (SSSR count). The van der Waals surface area contributed by atoms with Gasteiger partial charge in [0.1, 0.15) is 12.4 Å². The van der Waals surface area contributed by atoms with Crippen LogP contribution in [0.5, 0.6) is 5.75 Å². The highest BCUT2D eigenvalue weighted by atomic mass is 19.4. The number of benzene rings is 1. The summed E-state index contributed by atoms with van der Waals surface area (Å²) in [5, 5.41) is 0. The molecule has 1 heterocycles. The minimum absolute atomic E-state index is 0.0156. The largest absolute Gasteiger partial charge is 0.462 e. The van der Waals surface area contributed by atoms with Crippen LogP contribution >= 0.6 is 0 Å². The third-order valence-electron chi connectivity index (χ3n) is 8.51. The number of nitrogens with zero attached hydrogens (tertiary/aromatic N) is 1. The fourth-order valence-electron chi connectivity index (χ4n) is 7.23. The zero-order chi connectivity index (χ0) is 26.3. The van der Waals surface area contributed by atoms with Gasteiger partial charge in [0.15, 0.2) is 0 Å². The lowest BCUT2D eigenvalue weighted by Gasteiger charge is -2.57. The van der Waals surface area contributed by atoms with Crippen molar-refractivity contribution in [3.63, 3.8) is 0 Å². The Morgan fingerprint density at radius 2 is 1.68 bits per heavy atom. The number of rotatable bonds is 9. The van der Waals surface area contributed by atoms with Crippen molar-refractivity contribution in [3.05, 3.63) is 29.3 Å². The van der Waals surface area contributed by atoms with Gasteiger partial charge in [-0.25, -0.2) is 4.79 Å². The van der Waals surface area contributed by atoms with E-state index in [0.717, 1.165) is 68.3 Å². The Labute approximate surface area is 216 Å². The van der Waals surface area contributed by atoms with E-state index in [1.807, 2.05) is 0 Å². The van der Waals surface area contributed by atoms with Crippen LogP contribution in [-0.4, -0.2) is 62.7 Å². The average molecular weight is 526 g/mol. The van der Waals surface area contributed by atoms with Crippen LogP contribution in [-0.2, 0) is 20.4 Å². The van der Waals surface area contributed by atoms with Crippen LogP contribution in [0.15, 0.2) is 18.2 Å². The standard InChI is InChI=1S/C28H38F3NO5/c1-26(2,36-18-27-15-19-11-20(16-27)13-21(12-19)17-27)37-24-14-22(3-4-23(24)28(29,30)31)25(33)35-10-7-32-5-8-34-9-6-32/h3-4,14,19-21H,5-13,15-18H2,1-2H3. The molecule has 1 aromatic carbocycles. The van der Waals surface area contributed by atoms with Crippen LogP contribution in [0.25, 0.3) is 0 Å². The summed E-state index contributed by atoms with van der Waals surface area (Å²) >= 11 is 0. The predicted molar refractivity (Wildman–Crippen MR) is 130 cm³/mol. The third kappa shape index (κ3) is 6.42. The second-order valence-corrected chi connectivity index (χ2v) is 12.0. The van der Waals surface area contributed by atoms with Crippen molar-refractivity contribution in [1.29, 1.82) is 0 Å². The molecule has 0 spiro atoms. The maximum absolute atomic E-state index is 13.8. The lowest BCUT2D eigenvalue weighted by molar-refractivity contribution is -0.203. The fourth-order valence-corrected chi connectivity index (χ4v) is 7.23. The van der Waals surface area contributed by atoms with Crippen molar-refractivity contribution in [2.75, 3.05) is 46.1 Å². The van der Waals surface area contributed by atoms with Gasteiger partial charge in [-0.3, -0.25) is 4.90 Å². The zero-order valence-corrected chi connectivity index (χ0v) is 21.8. The Hall–Kier alpha value is -1.84. The molecule has 6 nitrogen and oxygen atoms in total. The molecule has 206 valence electrons. The van der Waals surface area contributed by atoms with E-state index in [1.165, 1.54) is 19.3 Å². The Morgan fingerprint density at radius 1 is 1.05 bits per heavy atom. The van der Waals surface area contributed by atoms with Crippen LogP contribution in [0.1, 0.15) is 68.3 Å². The Kier molecular flexibility index (Phi) is 7.50. The first-order valence-corrected chi connectivity index (χ1v) is 13.5. The Morgan fingerprint density at radius 3 is 2.27 bits per heavy atom. The maximum atomic E-state index is 13.8. The van der Waals surface area contributed by atoms with Gasteiger partial charge in [0.2, 0.25) is 5.79 Å². The maximum Gasteiger partial charge on any atom is 0.419 e. The summed E-state index contributed by atoms with van der Waals surface area (Å²) in [5.74, 6) is -0.142. The Bertz CT molecular complexity index is 938. The molecule has 5 fully saturated rings. The van der Waals surface area contributed by atoms with E-state index in [4.69, 9.17) is 18.9 Å². The van der Waals surface area contributed by atoms with Gasteiger partial charge in [-0.15, -0.1) is 0 Å². The summed E-state index contributed by atoms with van der Waals surface area (Å²) in [6.45, 7) is 7.24. The number of hydrogen-bond donors (Lipinski definition) is 0. The van der Waals surface area contributed by atoms with E-state index >= 15 is 0 Å². The summed E-state index contributed by atoms with van der Waals surface area (Å²) in [5.41, 5.74) is -0.820.